The van der Waals surface area contributed by atoms with E-state index in [9.17, 15) is 4.79 Å². The van der Waals surface area contributed by atoms with Gasteiger partial charge in [0.25, 0.3) is 0 Å². The maximum Gasteiger partial charge on any atom is 0.332 e. The molecule has 1 fully saturated rings. The Morgan fingerprint density at radius 3 is 2.62 bits per heavy atom. The summed E-state index contributed by atoms with van der Waals surface area (Å²) in [6.07, 6.45) is 3.73. The van der Waals surface area contributed by atoms with Gasteiger partial charge in [0.05, 0.1) is 0 Å². The summed E-state index contributed by atoms with van der Waals surface area (Å²) in [5.41, 5.74) is 0.714. The summed E-state index contributed by atoms with van der Waals surface area (Å²) in [5, 5.41) is 11.7. The molecular formula is C10H17NO2. The summed E-state index contributed by atoms with van der Waals surface area (Å²) in [6, 6.07) is 0. The Morgan fingerprint density at radius 2 is 2.23 bits per heavy atom. The second-order valence-corrected chi connectivity index (χ2v) is 3.87. The van der Waals surface area contributed by atoms with E-state index in [0.29, 0.717) is 12.0 Å². The van der Waals surface area contributed by atoms with Crippen LogP contribution in [0.25, 0.3) is 0 Å². The molecule has 1 aliphatic rings. The number of carboxylic acids is 1. The van der Waals surface area contributed by atoms with Gasteiger partial charge in [0.2, 0.25) is 0 Å². The van der Waals surface area contributed by atoms with Crippen molar-refractivity contribution < 1.29 is 9.90 Å². The molecule has 0 heterocycles. The predicted molar refractivity (Wildman–Crippen MR) is 51.6 cm³/mol. The van der Waals surface area contributed by atoms with Crippen molar-refractivity contribution in [2.24, 2.45) is 5.41 Å². The van der Waals surface area contributed by atoms with Gasteiger partial charge in [-0.3, -0.25) is 0 Å². The molecule has 0 aromatic rings. The maximum atomic E-state index is 10.4. The van der Waals surface area contributed by atoms with Crippen LogP contribution >= 0.6 is 0 Å². The Hall–Kier alpha value is -0.830. The molecule has 0 saturated heterocycles. The maximum absolute atomic E-state index is 10.4. The van der Waals surface area contributed by atoms with Crippen molar-refractivity contribution in [3.8, 4) is 0 Å². The molecule has 0 amide bonds. The lowest BCUT2D eigenvalue weighted by atomic mass is 10.0. The third-order valence-electron chi connectivity index (χ3n) is 2.85. The predicted octanol–water partition coefficient (Wildman–Crippen LogP) is 1.41. The van der Waals surface area contributed by atoms with Crippen molar-refractivity contribution in [1.29, 1.82) is 0 Å². The van der Waals surface area contributed by atoms with Gasteiger partial charge in [0, 0.05) is 18.7 Å². The minimum absolute atomic E-state index is 0.243. The van der Waals surface area contributed by atoms with E-state index in [0.717, 1.165) is 6.54 Å². The average molecular weight is 183 g/mol. The van der Waals surface area contributed by atoms with Gasteiger partial charge in [-0.1, -0.05) is 13.5 Å². The lowest BCUT2D eigenvalue weighted by Crippen LogP contribution is -2.27. The number of carboxylic acid groups (broad SMARTS) is 1. The fraction of sp³-hybridized carbons (Fsp3) is 0.700. The number of rotatable bonds is 6. The SMILES string of the molecule is C=C(CNCC1(CC)CC1)C(=O)O. The topological polar surface area (TPSA) is 49.3 Å². The van der Waals surface area contributed by atoms with Gasteiger partial charge in [-0.2, -0.15) is 0 Å². The van der Waals surface area contributed by atoms with Crippen LogP contribution in [0, 0.1) is 5.41 Å². The third-order valence-corrected chi connectivity index (χ3v) is 2.85. The number of carbonyl (C=O) groups is 1. The summed E-state index contributed by atoms with van der Waals surface area (Å²) < 4.78 is 0. The molecule has 1 aliphatic carbocycles. The molecule has 13 heavy (non-hydrogen) atoms. The van der Waals surface area contributed by atoms with E-state index in [1.807, 2.05) is 0 Å². The molecule has 2 N–H and O–H groups in total. The normalized spacial score (nSPS) is 18.2. The largest absolute Gasteiger partial charge is 0.478 e. The Labute approximate surface area is 78.8 Å². The number of aliphatic carboxylic acids is 1. The molecule has 3 heteroatoms. The second-order valence-electron chi connectivity index (χ2n) is 3.87. The zero-order chi connectivity index (χ0) is 9.90. The van der Waals surface area contributed by atoms with Crippen molar-refractivity contribution in [2.75, 3.05) is 13.1 Å². The van der Waals surface area contributed by atoms with Crippen molar-refractivity contribution in [3.05, 3.63) is 12.2 Å². The Morgan fingerprint density at radius 1 is 1.62 bits per heavy atom. The first-order valence-electron chi connectivity index (χ1n) is 4.71. The first kappa shape index (κ1) is 10.3. The van der Waals surface area contributed by atoms with Gasteiger partial charge in [-0.15, -0.1) is 0 Å². The molecular weight excluding hydrogens is 166 g/mol. The summed E-state index contributed by atoms with van der Waals surface area (Å²) in [6.45, 7) is 6.97. The van der Waals surface area contributed by atoms with Crippen LogP contribution in [0.3, 0.4) is 0 Å². The van der Waals surface area contributed by atoms with Crippen molar-refractivity contribution in [3.63, 3.8) is 0 Å². The van der Waals surface area contributed by atoms with Gasteiger partial charge in [-0.05, 0) is 24.7 Å². The molecule has 0 radical (unpaired) electrons. The van der Waals surface area contributed by atoms with E-state index in [4.69, 9.17) is 5.11 Å². The summed E-state index contributed by atoms with van der Waals surface area (Å²) >= 11 is 0. The Balaban J connectivity index is 2.14. The molecule has 0 atom stereocenters. The van der Waals surface area contributed by atoms with Crippen LogP contribution in [0.4, 0.5) is 0 Å². The highest BCUT2D eigenvalue weighted by atomic mass is 16.4. The lowest BCUT2D eigenvalue weighted by molar-refractivity contribution is -0.132. The zero-order valence-corrected chi connectivity index (χ0v) is 8.10. The van der Waals surface area contributed by atoms with Crippen LogP contribution in [-0.2, 0) is 4.79 Å². The van der Waals surface area contributed by atoms with E-state index in [1.165, 1.54) is 19.3 Å². The van der Waals surface area contributed by atoms with Gasteiger partial charge < -0.3 is 10.4 Å². The quantitative estimate of drug-likeness (QED) is 0.612. The molecule has 0 aromatic heterocycles. The van der Waals surface area contributed by atoms with Crippen molar-refractivity contribution in [1.82, 2.24) is 5.32 Å². The fourth-order valence-corrected chi connectivity index (χ4v) is 1.39. The molecule has 0 spiro atoms. The summed E-state index contributed by atoms with van der Waals surface area (Å²) in [7, 11) is 0. The Kier molecular flexibility index (Phi) is 3.09. The van der Waals surface area contributed by atoms with Crippen LogP contribution in [0.15, 0.2) is 12.2 Å². The smallest absolute Gasteiger partial charge is 0.332 e. The van der Waals surface area contributed by atoms with E-state index in [2.05, 4.69) is 18.8 Å². The highest BCUT2D eigenvalue weighted by Gasteiger charge is 2.39. The minimum atomic E-state index is -0.908. The highest BCUT2D eigenvalue weighted by molar-refractivity contribution is 5.86. The summed E-state index contributed by atoms with van der Waals surface area (Å²) in [5.74, 6) is -0.908. The van der Waals surface area contributed by atoms with Gasteiger partial charge in [-0.25, -0.2) is 4.79 Å². The monoisotopic (exact) mass is 183 g/mol. The average Bonchev–Trinajstić information content (AvgIpc) is 2.85. The molecule has 3 nitrogen and oxygen atoms in total. The van der Waals surface area contributed by atoms with E-state index in [1.54, 1.807) is 0 Å². The highest BCUT2D eigenvalue weighted by Crippen LogP contribution is 2.47. The molecule has 74 valence electrons. The molecule has 1 rings (SSSR count). The molecule has 1 saturated carbocycles. The number of nitrogens with one attached hydrogen (secondary N) is 1. The standard InChI is InChI=1S/C10H17NO2/c1-3-10(4-5-10)7-11-6-8(2)9(12)13/h11H,2-7H2,1H3,(H,12,13). The summed E-state index contributed by atoms with van der Waals surface area (Å²) in [4.78, 5) is 10.4. The zero-order valence-electron chi connectivity index (χ0n) is 8.10. The van der Waals surface area contributed by atoms with Crippen LogP contribution in [0.5, 0.6) is 0 Å². The Bertz CT molecular complexity index is 219. The van der Waals surface area contributed by atoms with Crippen LogP contribution in [-0.4, -0.2) is 24.2 Å². The van der Waals surface area contributed by atoms with Crippen molar-refractivity contribution >= 4 is 5.97 Å². The first-order chi connectivity index (χ1) is 6.09. The van der Waals surface area contributed by atoms with E-state index < -0.39 is 5.97 Å². The van der Waals surface area contributed by atoms with Crippen molar-refractivity contribution in [2.45, 2.75) is 26.2 Å². The second kappa shape index (κ2) is 3.92. The van der Waals surface area contributed by atoms with Gasteiger partial charge in [0.15, 0.2) is 0 Å². The van der Waals surface area contributed by atoms with E-state index in [-0.39, 0.29) is 5.57 Å². The molecule has 0 unspecified atom stereocenters. The van der Waals surface area contributed by atoms with E-state index >= 15 is 0 Å². The fourth-order valence-electron chi connectivity index (χ4n) is 1.39. The third kappa shape index (κ3) is 2.84. The number of hydrogen-bond donors (Lipinski definition) is 2. The van der Waals surface area contributed by atoms with Crippen LogP contribution in [0.1, 0.15) is 26.2 Å². The molecule has 0 bridgehead atoms. The molecule has 0 aromatic carbocycles. The molecule has 0 aliphatic heterocycles. The number of hydrogen-bond acceptors (Lipinski definition) is 2. The van der Waals surface area contributed by atoms with Crippen LogP contribution in [0.2, 0.25) is 0 Å². The lowest BCUT2D eigenvalue weighted by Gasteiger charge is -2.12. The van der Waals surface area contributed by atoms with Gasteiger partial charge in [0.1, 0.15) is 0 Å². The van der Waals surface area contributed by atoms with Gasteiger partial charge >= 0.3 is 5.97 Å². The minimum Gasteiger partial charge on any atom is -0.478 e. The first-order valence-corrected chi connectivity index (χ1v) is 4.71. The van der Waals surface area contributed by atoms with Crippen LogP contribution < -0.4 is 5.32 Å².